The van der Waals surface area contributed by atoms with Crippen LogP contribution in [0.1, 0.15) is 46.7 Å². The first-order chi connectivity index (χ1) is 15.0. The minimum atomic E-state index is 0.0179. The summed E-state index contributed by atoms with van der Waals surface area (Å²) in [6, 6.07) is 17.4. The first kappa shape index (κ1) is 20.4. The number of ketones is 1. The van der Waals surface area contributed by atoms with E-state index in [-0.39, 0.29) is 11.7 Å². The van der Waals surface area contributed by atoms with Crippen molar-refractivity contribution in [3.05, 3.63) is 83.4 Å². The number of nitrogens with one attached hydrogen (secondary N) is 2. The Labute approximate surface area is 181 Å². The van der Waals surface area contributed by atoms with Gasteiger partial charge in [0.05, 0.1) is 0 Å². The molecule has 0 aliphatic rings. The molecular formula is C24H24N6O. The fourth-order valence-corrected chi connectivity index (χ4v) is 3.35. The molecular weight excluding hydrogens is 388 g/mol. The Morgan fingerprint density at radius 3 is 2.52 bits per heavy atom. The van der Waals surface area contributed by atoms with Crippen LogP contribution in [0.3, 0.4) is 0 Å². The van der Waals surface area contributed by atoms with Gasteiger partial charge >= 0.3 is 0 Å². The molecule has 0 aliphatic heterocycles. The third-order valence-electron chi connectivity index (χ3n) is 4.98. The predicted molar refractivity (Wildman–Crippen MR) is 120 cm³/mol. The average Bonchev–Trinajstić information content (AvgIpc) is 3.18. The minimum Gasteiger partial charge on any atom is -0.323 e. The first-order valence-corrected chi connectivity index (χ1v) is 10.2. The summed E-state index contributed by atoms with van der Waals surface area (Å²) in [7, 11) is 0. The number of H-pyrrole nitrogens is 1. The summed E-state index contributed by atoms with van der Waals surface area (Å²) < 4.78 is 0. The van der Waals surface area contributed by atoms with Crippen molar-refractivity contribution in [3.8, 4) is 11.4 Å². The van der Waals surface area contributed by atoms with Gasteiger partial charge in [0.2, 0.25) is 0 Å². The Kier molecular flexibility index (Phi) is 5.84. The lowest BCUT2D eigenvalue weighted by molar-refractivity contribution is 0.0971. The summed E-state index contributed by atoms with van der Waals surface area (Å²) in [5, 5.41) is 10.2. The van der Waals surface area contributed by atoms with Crippen molar-refractivity contribution >= 4 is 17.4 Å². The maximum Gasteiger partial charge on any atom is 0.181 e. The molecule has 4 rings (SSSR count). The standard InChI is InChI=1S/C24H24N6O/c1-15(18-7-5-4-6-8-18)11-21(31)20-10-9-19(14-25-20)24-26-16(2)12-22(28-24)27-23-13-17(3)29-30-23/h4-10,12-15H,11H2,1-3H3,(H2,26,27,28,29,30)/t15-/m0/s1. The van der Waals surface area contributed by atoms with Gasteiger partial charge in [-0.25, -0.2) is 9.97 Å². The number of aryl methyl sites for hydroxylation is 2. The average molecular weight is 412 g/mol. The molecule has 31 heavy (non-hydrogen) atoms. The lowest BCUT2D eigenvalue weighted by atomic mass is 9.94. The van der Waals surface area contributed by atoms with Crippen LogP contribution < -0.4 is 5.32 Å². The predicted octanol–water partition coefficient (Wildman–Crippen LogP) is 5.00. The van der Waals surface area contributed by atoms with Crippen LogP contribution in [0.25, 0.3) is 11.4 Å². The van der Waals surface area contributed by atoms with Crippen molar-refractivity contribution in [3.63, 3.8) is 0 Å². The number of Topliss-reactive ketones (excluding diaryl/α,β-unsaturated/α-hetero) is 1. The van der Waals surface area contributed by atoms with Crippen LogP contribution in [0.5, 0.6) is 0 Å². The highest BCUT2D eigenvalue weighted by Crippen LogP contribution is 2.23. The quantitative estimate of drug-likeness (QED) is 0.415. The van der Waals surface area contributed by atoms with E-state index in [0.717, 1.165) is 22.5 Å². The number of aromatic amines is 1. The molecule has 0 spiro atoms. The molecule has 3 heterocycles. The SMILES string of the molecule is Cc1cc(Nc2cc(C)[nH]n2)nc(-c2ccc(C(=O)C[C@H](C)c3ccccc3)nc2)n1. The Morgan fingerprint density at radius 1 is 1.03 bits per heavy atom. The van der Waals surface area contributed by atoms with Gasteiger partial charge in [0.25, 0.3) is 0 Å². The number of hydrogen-bond donors (Lipinski definition) is 2. The van der Waals surface area contributed by atoms with Gasteiger partial charge in [-0.3, -0.25) is 14.9 Å². The second kappa shape index (κ2) is 8.87. The van der Waals surface area contributed by atoms with Crippen LogP contribution in [0.15, 0.2) is 60.8 Å². The normalized spacial score (nSPS) is 11.8. The molecule has 0 bridgehead atoms. The van der Waals surface area contributed by atoms with Gasteiger partial charge in [0, 0.05) is 41.7 Å². The molecule has 0 radical (unpaired) electrons. The zero-order valence-electron chi connectivity index (χ0n) is 17.8. The summed E-state index contributed by atoms with van der Waals surface area (Å²) in [5.41, 5.74) is 4.12. The lowest BCUT2D eigenvalue weighted by Crippen LogP contribution is -2.07. The molecule has 7 nitrogen and oxygen atoms in total. The molecule has 0 saturated carbocycles. The number of aromatic nitrogens is 5. The third kappa shape index (κ3) is 5.01. The van der Waals surface area contributed by atoms with E-state index in [2.05, 4.69) is 37.4 Å². The topological polar surface area (TPSA) is 96.5 Å². The summed E-state index contributed by atoms with van der Waals surface area (Å²) in [6.45, 7) is 5.89. The number of benzene rings is 1. The first-order valence-electron chi connectivity index (χ1n) is 10.2. The number of anilines is 2. The summed E-state index contributed by atoms with van der Waals surface area (Å²) in [6.07, 6.45) is 2.06. The molecule has 1 aromatic carbocycles. The third-order valence-corrected chi connectivity index (χ3v) is 4.98. The van der Waals surface area contributed by atoms with Crippen LogP contribution in [0, 0.1) is 13.8 Å². The van der Waals surface area contributed by atoms with Gasteiger partial charge in [-0.2, -0.15) is 5.10 Å². The Balaban J connectivity index is 1.49. The number of hydrogen-bond acceptors (Lipinski definition) is 6. The molecule has 0 saturated heterocycles. The summed E-state index contributed by atoms with van der Waals surface area (Å²) in [4.78, 5) is 26.1. The van der Waals surface area contributed by atoms with Crippen molar-refractivity contribution in [2.24, 2.45) is 0 Å². The number of pyridine rings is 1. The van der Waals surface area contributed by atoms with Crippen molar-refractivity contribution in [1.29, 1.82) is 0 Å². The largest absolute Gasteiger partial charge is 0.323 e. The maximum absolute atomic E-state index is 12.7. The zero-order valence-corrected chi connectivity index (χ0v) is 17.8. The van der Waals surface area contributed by atoms with Gasteiger partial charge in [0.15, 0.2) is 17.4 Å². The van der Waals surface area contributed by atoms with E-state index in [1.165, 1.54) is 0 Å². The van der Waals surface area contributed by atoms with E-state index < -0.39 is 0 Å². The number of rotatable bonds is 7. The zero-order chi connectivity index (χ0) is 21.8. The lowest BCUT2D eigenvalue weighted by Gasteiger charge is -2.11. The van der Waals surface area contributed by atoms with Crippen LogP contribution in [0.4, 0.5) is 11.6 Å². The molecule has 3 aromatic heterocycles. The smallest absolute Gasteiger partial charge is 0.181 e. The van der Waals surface area contributed by atoms with Crippen molar-refractivity contribution in [1.82, 2.24) is 25.1 Å². The molecule has 0 unspecified atom stereocenters. The second-order valence-corrected chi connectivity index (χ2v) is 7.65. The van der Waals surface area contributed by atoms with E-state index in [9.17, 15) is 4.79 Å². The van der Waals surface area contributed by atoms with E-state index >= 15 is 0 Å². The molecule has 1 atom stereocenters. The Bertz CT molecular complexity index is 1180. The van der Waals surface area contributed by atoms with Gasteiger partial charge in [-0.15, -0.1) is 0 Å². The van der Waals surface area contributed by atoms with E-state index in [4.69, 9.17) is 0 Å². The number of carbonyl (C=O) groups is 1. The molecule has 0 amide bonds. The maximum atomic E-state index is 12.7. The molecule has 156 valence electrons. The van der Waals surface area contributed by atoms with Crippen LogP contribution in [-0.4, -0.2) is 30.9 Å². The van der Waals surface area contributed by atoms with Gasteiger partial charge in [-0.05, 0) is 37.5 Å². The molecule has 2 N–H and O–H groups in total. The Morgan fingerprint density at radius 2 is 1.84 bits per heavy atom. The highest BCUT2D eigenvalue weighted by Gasteiger charge is 2.15. The monoisotopic (exact) mass is 412 g/mol. The molecule has 7 heteroatoms. The van der Waals surface area contributed by atoms with Gasteiger partial charge in [0.1, 0.15) is 11.5 Å². The Hall–Kier alpha value is -3.87. The molecule has 0 aliphatic carbocycles. The minimum absolute atomic E-state index is 0.0179. The van der Waals surface area contributed by atoms with Crippen LogP contribution >= 0.6 is 0 Å². The van der Waals surface area contributed by atoms with E-state index in [0.29, 0.717) is 29.6 Å². The van der Waals surface area contributed by atoms with E-state index in [1.807, 2.05) is 62.4 Å². The van der Waals surface area contributed by atoms with E-state index in [1.54, 1.807) is 12.3 Å². The number of nitrogens with zero attached hydrogens (tertiary/aromatic N) is 4. The molecule has 4 aromatic rings. The highest BCUT2D eigenvalue weighted by molar-refractivity contribution is 5.94. The fourth-order valence-electron chi connectivity index (χ4n) is 3.35. The van der Waals surface area contributed by atoms with Gasteiger partial charge < -0.3 is 5.32 Å². The highest BCUT2D eigenvalue weighted by atomic mass is 16.1. The summed E-state index contributed by atoms with van der Waals surface area (Å²) in [5.74, 6) is 2.02. The van der Waals surface area contributed by atoms with Gasteiger partial charge in [-0.1, -0.05) is 37.3 Å². The van der Waals surface area contributed by atoms with Crippen LogP contribution in [0.2, 0.25) is 0 Å². The molecule has 0 fully saturated rings. The van der Waals surface area contributed by atoms with Crippen molar-refractivity contribution in [2.75, 3.05) is 5.32 Å². The fraction of sp³-hybridized carbons (Fsp3) is 0.208. The van der Waals surface area contributed by atoms with Crippen molar-refractivity contribution < 1.29 is 4.79 Å². The second-order valence-electron chi connectivity index (χ2n) is 7.65. The van der Waals surface area contributed by atoms with Crippen molar-refractivity contribution in [2.45, 2.75) is 33.1 Å². The summed E-state index contributed by atoms with van der Waals surface area (Å²) >= 11 is 0. The number of carbonyl (C=O) groups excluding carboxylic acids is 1. The van der Waals surface area contributed by atoms with Crippen LogP contribution in [-0.2, 0) is 0 Å².